The van der Waals surface area contributed by atoms with Gasteiger partial charge in [0.15, 0.2) is 0 Å². The molecule has 1 aliphatic carbocycles. The van der Waals surface area contributed by atoms with Crippen molar-refractivity contribution in [2.75, 3.05) is 13.1 Å². The van der Waals surface area contributed by atoms with Crippen molar-refractivity contribution in [2.24, 2.45) is 0 Å². The molecule has 1 heterocycles. The van der Waals surface area contributed by atoms with E-state index in [4.69, 9.17) is 11.6 Å². The Morgan fingerprint density at radius 1 is 0.939 bits per heavy atom. The summed E-state index contributed by atoms with van der Waals surface area (Å²) >= 11 is 6.21. The summed E-state index contributed by atoms with van der Waals surface area (Å²) in [4.78, 5) is 28.5. The Balaban J connectivity index is 1.36. The van der Waals surface area contributed by atoms with Crippen LogP contribution in [0.15, 0.2) is 54.6 Å². The quantitative estimate of drug-likeness (QED) is 0.556. The van der Waals surface area contributed by atoms with Crippen molar-refractivity contribution < 1.29 is 9.59 Å². The molecule has 0 bridgehead atoms. The van der Waals surface area contributed by atoms with Crippen LogP contribution in [0.1, 0.15) is 73.3 Å². The largest absolute Gasteiger partial charge is 0.352 e. The van der Waals surface area contributed by atoms with Crippen LogP contribution in [-0.2, 0) is 4.79 Å². The Hall–Kier alpha value is -2.37. The van der Waals surface area contributed by atoms with Gasteiger partial charge in [-0.1, -0.05) is 79.7 Å². The highest BCUT2D eigenvalue weighted by Crippen LogP contribution is 2.25. The number of rotatable bonds is 7. The molecule has 0 aromatic heterocycles. The van der Waals surface area contributed by atoms with Gasteiger partial charge in [0.2, 0.25) is 5.91 Å². The number of hydrogen-bond donors (Lipinski definition) is 2. The second-order valence-electron chi connectivity index (χ2n) is 9.31. The fraction of sp³-hybridized carbons (Fsp3) is 0.481. The maximum atomic E-state index is 13.0. The van der Waals surface area contributed by atoms with Crippen LogP contribution < -0.4 is 10.6 Å². The van der Waals surface area contributed by atoms with Gasteiger partial charge in [-0.2, -0.15) is 0 Å². The van der Waals surface area contributed by atoms with Crippen molar-refractivity contribution in [2.45, 2.75) is 69.5 Å². The zero-order valence-corrected chi connectivity index (χ0v) is 19.9. The van der Waals surface area contributed by atoms with E-state index in [1.165, 1.54) is 38.5 Å². The zero-order chi connectivity index (χ0) is 23.0. The predicted octanol–water partition coefficient (Wildman–Crippen LogP) is 5.11. The Morgan fingerprint density at radius 2 is 1.64 bits per heavy atom. The van der Waals surface area contributed by atoms with Crippen LogP contribution in [0.25, 0.3) is 0 Å². The molecule has 2 N–H and O–H groups in total. The summed E-state index contributed by atoms with van der Waals surface area (Å²) < 4.78 is 0. The van der Waals surface area contributed by atoms with Crippen molar-refractivity contribution in [1.82, 2.24) is 15.5 Å². The number of likely N-dealkylation sites (tertiary alicyclic amines) is 1. The normalized spacial score (nSPS) is 20.7. The number of hydrogen-bond acceptors (Lipinski definition) is 3. The van der Waals surface area contributed by atoms with E-state index in [1.54, 1.807) is 24.3 Å². The summed E-state index contributed by atoms with van der Waals surface area (Å²) in [5.41, 5.74) is 1.31. The molecule has 2 aromatic carbocycles. The van der Waals surface area contributed by atoms with E-state index in [9.17, 15) is 9.59 Å². The number of nitrogens with zero attached hydrogens (tertiary/aromatic N) is 1. The van der Waals surface area contributed by atoms with Crippen LogP contribution in [0.5, 0.6) is 0 Å². The standard InChI is InChI=1S/C27H34ClN3O2/c28-24-15-9-8-14-23(24)27(33)30-25(20-10-4-3-5-11-20)18-26(32)29-21-16-17-31(19-21)22-12-6-1-2-7-13-22/h3-5,8-11,14-15,21-22,25H,1-2,6-7,12-13,16-19H2,(H,29,32)(H,30,33)/t21-,25+/m0/s1. The first kappa shape index (κ1) is 23.8. The molecule has 176 valence electrons. The molecule has 5 nitrogen and oxygen atoms in total. The van der Waals surface area contributed by atoms with E-state index in [1.807, 2.05) is 30.3 Å². The second-order valence-corrected chi connectivity index (χ2v) is 9.72. The highest BCUT2D eigenvalue weighted by Gasteiger charge is 2.30. The summed E-state index contributed by atoms with van der Waals surface area (Å²) in [6, 6.07) is 17.0. The van der Waals surface area contributed by atoms with Gasteiger partial charge in [0.25, 0.3) is 5.91 Å². The van der Waals surface area contributed by atoms with Gasteiger partial charge >= 0.3 is 0 Å². The summed E-state index contributed by atoms with van der Waals surface area (Å²) in [7, 11) is 0. The summed E-state index contributed by atoms with van der Waals surface area (Å²) in [5, 5.41) is 6.65. The first-order chi connectivity index (χ1) is 16.1. The van der Waals surface area contributed by atoms with Crippen molar-refractivity contribution >= 4 is 23.4 Å². The number of benzene rings is 2. The number of nitrogens with one attached hydrogen (secondary N) is 2. The average molecular weight is 468 g/mol. The number of carbonyl (C=O) groups is 2. The molecule has 1 aliphatic heterocycles. The third-order valence-electron chi connectivity index (χ3n) is 6.94. The zero-order valence-electron chi connectivity index (χ0n) is 19.1. The Kier molecular flexibility index (Phi) is 8.40. The second kappa shape index (κ2) is 11.7. The maximum Gasteiger partial charge on any atom is 0.253 e. The molecule has 0 radical (unpaired) electrons. The Bertz CT molecular complexity index is 928. The van der Waals surface area contributed by atoms with E-state index in [-0.39, 0.29) is 24.3 Å². The van der Waals surface area contributed by atoms with Gasteiger partial charge in [-0.15, -0.1) is 0 Å². The third-order valence-corrected chi connectivity index (χ3v) is 7.27. The number of amides is 2. The minimum Gasteiger partial charge on any atom is -0.352 e. The lowest BCUT2D eigenvalue weighted by Crippen LogP contribution is -2.41. The first-order valence-electron chi connectivity index (χ1n) is 12.2. The third kappa shape index (κ3) is 6.58. The van der Waals surface area contributed by atoms with E-state index in [0.29, 0.717) is 16.6 Å². The molecule has 1 saturated carbocycles. The van der Waals surface area contributed by atoms with Gasteiger partial charge in [0, 0.05) is 25.2 Å². The van der Waals surface area contributed by atoms with Crippen molar-refractivity contribution in [3.63, 3.8) is 0 Å². The van der Waals surface area contributed by atoms with Gasteiger partial charge < -0.3 is 10.6 Å². The minimum absolute atomic E-state index is 0.0315. The van der Waals surface area contributed by atoms with Crippen molar-refractivity contribution in [3.05, 3.63) is 70.7 Å². The molecule has 6 heteroatoms. The minimum atomic E-state index is -0.422. The van der Waals surface area contributed by atoms with Gasteiger partial charge in [0.1, 0.15) is 0 Å². The SMILES string of the molecule is O=C(C[C@@H](NC(=O)c1ccccc1Cl)c1ccccc1)N[C@H]1CCN(C2CCCCCC2)C1. The Morgan fingerprint density at radius 3 is 2.36 bits per heavy atom. The molecule has 2 atom stereocenters. The molecule has 2 amide bonds. The van der Waals surface area contributed by atoms with Crippen molar-refractivity contribution in [1.29, 1.82) is 0 Å². The lowest BCUT2D eigenvalue weighted by molar-refractivity contribution is -0.122. The van der Waals surface area contributed by atoms with Gasteiger partial charge in [0.05, 0.1) is 23.0 Å². The van der Waals surface area contributed by atoms with Crippen LogP contribution in [0.3, 0.4) is 0 Å². The smallest absolute Gasteiger partial charge is 0.253 e. The fourth-order valence-corrected chi connectivity index (χ4v) is 5.37. The molecule has 0 unspecified atom stereocenters. The molecule has 2 aliphatic rings. The van der Waals surface area contributed by atoms with Crippen molar-refractivity contribution in [3.8, 4) is 0 Å². The summed E-state index contributed by atoms with van der Waals surface area (Å²) in [5.74, 6) is -0.307. The molecule has 0 spiro atoms. The summed E-state index contributed by atoms with van der Waals surface area (Å²) in [6.07, 6.45) is 9.10. The van der Waals surface area contributed by atoms with Crippen LogP contribution in [-0.4, -0.2) is 41.9 Å². The molecule has 4 rings (SSSR count). The molecular weight excluding hydrogens is 434 g/mol. The van der Waals surface area contributed by atoms with Crippen LogP contribution in [0, 0.1) is 0 Å². The molecular formula is C27H34ClN3O2. The van der Waals surface area contributed by atoms with E-state index >= 15 is 0 Å². The first-order valence-corrected chi connectivity index (χ1v) is 12.6. The van der Waals surface area contributed by atoms with Crippen LogP contribution in [0.2, 0.25) is 5.02 Å². The van der Waals surface area contributed by atoms with Gasteiger partial charge in [-0.05, 0) is 37.0 Å². The molecule has 2 fully saturated rings. The lowest BCUT2D eigenvalue weighted by Gasteiger charge is -2.27. The van der Waals surface area contributed by atoms with E-state index in [0.717, 1.165) is 25.1 Å². The fourth-order valence-electron chi connectivity index (χ4n) is 5.15. The highest BCUT2D eigenvalue weighted by atomic mass is 35.5. The topological polar surface area (TPSA) is 61.4 Å². The predicted molar refractivity (Wildman–Crippen MR) is 132 cm³/mol. The number of halogens is 1. The summed E-state index contributed by atoms with van der Waals surface area (Å²) in [6.45, 7) is 1.99. The average Bonchev–Trinajstić information content (AvgIpc) is 3.11. The van der Waals surface area contributed by atoms with Crippen LogP contribution in [0.4, 0.5) is 0 Å². The van der Waals surface area contributed by atoms with Crippen LogP contribution >= 0.6 is 11.6 Å². The highest BCUT2D eigenvalue weighted by molar-refractivity contribution is 6.33. The monoisotopic (exact) mass is 467 g/mol. The molecule has 33 heavy (non-hydrogen) atoms. The molecule has 1 saturated heterocycles. The maximum absolute atomic E-state index is 13.0. The van der Waals surface area contributed by atoms with E-state index < -0.39 is 6.04 Å². The number of carbonyl (C=O) groups excluding carboxylic acids is 2. The Labute approximate surface area is 201 Å². The van der Waals surface area contributed by atoms with Gasteiger partial charge in [-0.25, -0.2) is 0 Å². The van der Waals surface area contributed by atoms with Gasteiger partial charge in [-0.3, -0.25) is 14.5 Å². The molecule has 2 aromatic rings. The van der Waals surface area contributed by atoms with E-state index in [2.05, 4.69) is 15.5 Å². The lowest BCUT2D eigenvalue weighted by atomic mass is 10.0.